The van der Waals surface area contributed by atoms with Crippen LogP contribution in [-0.4, -0.2) is 11.0 Å². The topological polar surface area (TPSA) is 53.2 Å². The third kappa shape index (κ3) is 4.07. The van der Waals surface area contributed by atoms with E-state index >= 15 is 0 Å². The van der Waals surface area contributed by atoms with Crippen molar-refractivity contribution >= 4 is 28.9 Å². The zero-order valence-electron chi connectivity index (χ0n) is 11.0. The molecule has 1 amide bonds. The summed E-state index contributed by atoms with van der Waals surface area (Å²) in [4.78, 5) is 11.8. The van der Waals surface area contributed by atoms with Crippen LogP contribution in [0.15, 0.2) is 54.6 Å². The van der Waals surface area contributed by atoms with Crippen LogP contribution >= 0.6 is 12.2 Å². The van der Waals surface area contributed by atoms with E-state index in [1.54, 1.807) is 24.3 Å². The van der Waals surface area contributed by atoms with Crippen LogP contribution in [0.25, 0.3) is 0 Å². The molecule has 0 fully saturated rings. The smallest absolute Gasteiger partial charge is 0.269 e. The van der Waals surface area contributed by atoms with Crippen molar-refractivity contribution in [2.75, 3.05) is 5.32 Å². The highest BCUT2D eigenvalue weighted by Gasteiger charge is 2.04. The van der Waals surface area contributed by atoms with Crippen LogP contribution in [0, 0.1) is 6.92 Å². The maximum absolute atomic E-state index is 11.8. The highest BCUT2D eigenvalue weighted by molar-refractivity contribution is 7.80. The minimum Gasteiger partial charge on any atom is -0.331 e. The molecule has 2 aromatic rings. The molecule has 0 aliphatic carbocycles. The molecule has 0 atom stereocenters. The second-order valence-electron chi connectivity index (χ2n) is 4.27. The summed E-state index contributed by atoms with van der Waals surface area (Å²) in [5.74, 6) is -0.237. The lowest BCUT2D eigenvalue weighted by atomic mass is 10.2. The van der Waals surface area contributed by atoms with Gasteiger partial charge < -0.3 is 5.32 Å². The second kappa shape index (κ2) is 6.68. The van der Waals surface area contributed by atoms with E-state index in [4.69, 9.17) is 12.2 Å². The molecule has 0 spiro atoms. The summed E-state index contributed by atoms with van der Waals surface area (Å²) in [5.41, 5.74) is 7.81. The molecule has 20 heavy (non-hydrogen) atoms. The minimum atomic E-state index is -0.237. The molecule has 5 heteroatoms. The van der Waals surface area contributed by atoms with Gasteiger partial charge in [-0.05, 0) is 43.4 Å². The lowest BCUT2D eigenvalue weighted by molar-refractivity contribution is 0.0944. The average molecular weight is 285 g/mol. The van der Waals surface area contributed by atoms with Gasteiger partial charge in [0, 0.05) is 11.3 Å². The highest BCUT2D eigenvalue weighted by atomic mass is 32.1. The van der Waals surface area contributed by atoms with Crippen LogP contribution in [0.1, 0.15) is 15.9 Å². The van der Waals surface area contributed by atoms with Gasteiger partial charge in [0.1, 0.15) is 0 Å². The van der Waals surface area contributed by atoms with Crippen LogP contribution in [0.5, 0.6) is 0 Å². The third-order valence-electron chi connectivity index (χ3n) is 2.63. The summed E-state index contributed by atoms with van der Waals surface area (Å²) >= 11 is 5.10. The molecular formula is C15H15N3OS. The van der Waals surface area contributed by atoms with E-state index in [1.807, 2.05) is 37.3 Å². The Kier molecular flexibility index (Phi) is 4.68. The Morgan fingerprint density at radius 3 is 2.25 bits per heavy atom. The van der Waals surface area contributed by atoms with E-state index in [-0.39, 0.29) is 5.91 Å². The van der Waals surface area contributed by atoms with Crippen molar-refractivity contribution in [3.05, 3.63) is 65.7 Å². The van der Waals surface area contributed by atoms with Crippen molar-refractivity contribution in [1.82, 2.24) is 10.9 Å². The second-order valence-corrected chi connectivity index (χ2v) is 4.67. The molecule has 0 unspecified atom stereocenters. The summed E-state index contributed by atoms with van der Waals surface area (Å²) in [7, 11) is 0. The fourth-order valence-corrected chi connectivity index (χ4v) is 1.74. The van der Waals surface area contributed by atoms with E-state index in [9.17, 15) is 4.79 Å². The molecule has 0 saturated heterocycles. The Labute approximate surface area is 123 Å². The molecule has 0 aliphatic rings. The molecule has 2 aromatic carbocycles. The largest absolute Gasteiger partial charge is 0.331 e. The number of hydrogen-bond acceptors (Lipinski definition) is 2. The molecule has 102 valence electrons. The van der Waals surface area contributed by atoms with Crippen LogP contribution in [0.3, 0.4) is 0 Å². The number of aryl methyl sites for hydroxylation is 1. The zero-order valence-corrected chi connectivity index (χ0v) is 11.8. The first-order chi connectivity index (χ1) is 9.65. The summed E-state index contributed by atoms with van der Waals surface area (Å²) in [6.45, 7) is 2.01. The van der Waals surface area contributed by atoms with Crippen molar-refractivity contribution in [1.29, 1.82) is 0 Å². The molecule has 0 aromatic heterocycles. The fourth-order valence-electron chi connectivity index (χ4n) is 1.57. The average Bonchev–Trinajstić information content (AvgIpc) is 2.48. The van der Waals surface area contributed by atoms with Crippen LogP contribution in [0.4, 0.5) is 5.69 Å². The maximum Gasteiger partial charge on any atom is 0.269 e. The van der Waals surface area contributed by atoms with E-state index in [0.29, 0.717) is 10.7 Å². The van der Waals surface area contributed by atoms with Gasteiger partial charge in [-0.1, -0.05) is 35.9 Å². The van der Waals surface area contributed by atoms with Gasteiger partial charge >= 0.3 is 0 Å². The number of hydrazine groups is 1. The molecule has 0 saturated carbocycles. The monoisotopic (exact) mass is 285 g/mol. The fraction of sp³-hybridized carbons (Fsp3) is 0.0667. The summed E-state index contributed by atoms with van der Waals surface area (Å²) in [6.07, 6.45) is 0. The maximum atomic E-state index is 11.8. The standard InChI is InChI=1S/C15H15N3OS/c1-11-7-9-13(10-8-11)16-15(20)18-17-14(19)12-5-3-2-4-6-12/h2-10H,1H3,(H,17,19)(H2,16,18,20). The van der Waals surface area contributed by atoms with E-state index < -0.39 is 0 Å². The normalized spacial score (nSPS) is 9.65. The number of rotatable bonds is 2. The van der Waals surface area contributed by atoms with Crippen LogP contribution in [0.2, 0.25) is 0 Å². The minimum absolute atomic E-state index is 0.237. The van der Waals surface area contributed by atoms with E-state index in [1.165, 1.54) is 5.56 Å². The third-order valence-corrected chi connectivity index (χ3v) is 2.84. The van der Waals surface area contributed by atoms with Gasteiger partial charge in [-0.25, -0.2) is 0 Å². The summed E-state index contributed by atoms with van der Waals surface area (Å²) in [6, 6.07) is 16.7. The van der Waals surface area contributed by atoms with Crippen molar-refractivity contribution in [2.24, 2.45) is 0 Å². The van der Waals surface area contributed by atoms with Gasteiger partial charge in [0.2, 0.25) is 0 Å². The lowest BCUT2D eigenvalue weighted by Gasteiger charge is -2.11. The van der Waals surface area contributed by atoms with Gasteiger partial charge in [-0.3, -0.25) is 15.6 Å². The highest BCUT2D eigenvalue weighted by Crippen LogP contribution is 2.07. The molecular weight excluding hydrogens is 270 g/mol. The quantitative estimate of drug-likeness (QED) is 0.586. The number of amides is 1. The molecule has 0 heterocycles. The predicted molar refractivity (Wildman–Crippen MR) is 84.4 cm³/mol. The van der Waals surface area contributed by atoms with Crippen molar-refractivity contribution in [2.45, 2.75) is 6.92 Å². The SMILES string of the molecule is Cc1ccc(NC(=S)NNC(=O)c2ccccc2)cc1. The first-order valence-corrected chi connectivity index (χ1v) is 6.55. The predicted octanol–water partition coefficient (Wildman–Crippen LogP) is 2.63. The molecule has 3 N–H and O–H groups in total. The number of nitrogens with one attached hydrogen (secondary N) is 3. The van der Waals surface area contributed by atoms with Crippen LogP contribution < -0.4 is 16.2 Å². The Morgan fingerprint density at radius 1 is 0.950 bits per heavy atom. The molecule has 0 bridgehead atoms. The van der Waals surface area contributed by atoms with E-state index in [0.717, 1.165) is 5.69 Å². The number of carbonyl (C=O) groups is 1. The van der Waals surface area contributed by atoms with Gasteiger partial charge in [0.05, 0.1) is 0 Å². The summed E-state index contributed by atoms with van der Waals surface area (Å²) < 4.78 is 0. The van der Waals surface area contributed by atoms with Crippen molar-refractivity contribution in [3.63, 3.8) is 0 Å². The Bertz CT molecular complexity index is 596. The number of benzene rings is 2. The van der Waals surface area contributed by atoms with Gasteiger partial charge in [-0.15, -0.1) is 0 Å². The van der Waals surface area contributed by atoms with Gasteiger partial charge in [-0.2, -0.15) is 0 Å². The first-order valence-electron chi connectivity index (χ1n) is 6.14. The zero-order chi connectivity index (χ0) is 14.4. The van der Waals surface area contributed by atoms with Crippen LogP contribution in [-0.2, 0) is 0 Å². The number of anilines is 1. The summed E-state index contributed by atoms with van der Waals surface area (Å²) in [5, 5.41) is 3.31. The van der Waals surface area contributed by atoms with Crippen molar-refractivity contribution < 1.29 is 4.79 Å². The number of hydrogen-bond donors (Lipinski definition) is 3. The molecule has 0 aliphatic heterocycles. The lowest BCUT2D eigenvalue weighted by Crippen LogP contribution is -2.43. The van der Waals surface area contributed by atoms with Gasteiger partial charge in [0.25, 0.3) is 5.91 Å². The number of carbonyl (C=O) groups excluding carboxylic acids is 1. The van der Waals surface area contributed by atoms with Crippen molar-refractivity contribution in [3.8, 4) is 0 Å². The Hall–Kier alpha value is -2.40. The molecule has 4 nitrogen and oxygen atoms in total. The first kappa shape index (κ1) is 14.0. The van der Waals surface area contributed by atoms with Gasteiger partial charge in [0.15, 0.2) is 5.11 Å². The molecule has 0 radical (unpaired) electrons. The molecule has 2 rings (SSSR count). The Morgan fingerprint density at radius 2 is 1.60 bits per heavy atom. The Balaban J connectivity index is 1.83. The number of thiocarbonyl (C=S) groups is 1. The van der Waals surface area contributed by atoms with E-state index in [2.05, 4.69) is 16.2 Å².